The molecule has 2 N–H and O–H groups in total. The third kappa shape index (κ3) is 3.58. The van der Waals surface area contributed by atoms with E-state index in [9.17, 15) is 4.39 Å². The van der Waals surface area contributed by atoms with Gasteiger partial charge in [-0.05, 0) is 31.0 Å². The number of hydrogen-bond donors (Lipinski definition) is 1. The Labute approximate surface area is 118 Å². The molecule has 0 heterocycles. The van der Waals surface area contributed by atoms with E-state index in [4.69, 9.17) is 5.73 Å². The number of nitrogens with two attached hydrogens (primary N) is 1. The SMILES string of the molecule is Cc1cc(C)cc(CSc2c(F)cccc2CN)c1. The molecule has 100 valence electrons. The van der Waals surface area contributed by atoms with Crippen LogP contribution in [0.3, 0.4) is 0 Å². The summed E-state index contributed by atoms with van der Waals surface area (Å²) in [5, 5.41) is 0. The highest BCUT2D eigenvalue weighted by Crippen LogP contribution is 2.29. The first-order valence-electron chi connectivity index (χ1n) is 6.27. The van der Waals surface area contributed by atoms with E-state index >= 15 is 0 Å². The highest BCUT2D eigenvalue weighted by Gasteiger charge is 2.08. The van der Waals surface area contributed by atoms with Gasteiger partial charge in [0, 0.05) is 17.2 Å². The summed E-state index contributed by atoms with van der Waals surface area (Å²) < 4.78 is 13.8. The maximum Gasteiger partial charge on any atom is 0.137 e. The summed E-state index contributed by atoms with van der Waals surface area (Å²) in [6, 6.07) is 11.5. The van der Waals surface area contributed by atoms with Crippen molar-refractivity contribution in [1.82, 2.24) is 0 Å². The van der Waals surface area contributed by atoms with Gasteiger partial charge in [-0.15, -0.1) is 11.8 Å². The molecule has 0 radical (unpaired) electrons. The van der Waals surface area contributed by atoms with Crippen molar-refractivity contribution in [2.45, 2.75) is 31.0 Å². The lowest BCUT2D eigenvalue weighted by molar-refractivity contribution is 0.597. The largest absolute Gasteiger partial charge is 0.326 e. The average Bonchev–Trinajstić information content (AvgIpc) is 2.36. The van der Waals surface area contributed by atoms with Crippen molar-refractivity contribution >= 4 is 11.8 Å². The zero-order valence-corrected chi connectivity index (χ0v) is 12.1. The van der Waals surface area contributed by atoms with Gasteiger partial charge in [-0.25, -0.2) is 4.39 Å². The van der Waals surface area contributed by atoms with Gasteiger partial charge in [0.05, 0.1) is 0 Å². The Bertz CT molecular complexity index is 561. The van der Waals surface area contributed by atoms with Gasteiger partial charge >= 0.3 is 0 Å². The van der Waals surface area contributed by atoms with E-state index in [0.29, 0.717) is 11.4 Å². The molecular weight excluding hydrogens is 257 g/mol. The fourth-order valence-electron chi connectivity index (χ4n) is 2.18. The summed E-state index contributed by atoms with van der Waals surface area (Å²) in [6.45, 7) is 4.53. The summed E-state index contributed by atoms with van der Waals surface area (Å²) in [5.74, 6) is 0.577. The normalized spacial score (nSPS) is 10.7. The van der Waals surface area contributed by atoms with Crippen LogP contribution in [-0.2, 0) is 12.3 Å². The van der Waals surface area contributed by atoms with E-state index in [1.807, 2.05) is 6.07 Å². The molecule has 0 bridgehead atoms. The average molecular weight is 275 g/mol. The van der Waals surface area contributed by atoms with E-state index in [-0.39, 0.29) is 5.82 Å². The second kappa shape index (κ2) is 6.22. The molecule has 0 aliphatic carbocycles. The molecule has 0 amide bonds. The van der Waals surface area contributed by atoms with Crippen LogP contribution >= 0.6 is 11.8 Å². The first-order chi connectivity index (χ1) is 9.10. The highest BCUT2D eigenvalue weighted by molar-refractivity contribution is 7.98. The van der Waals surface area contributed by atoms with Crippen molar-refractivity contribution in [3.8, 4) is 0 Å². The summed E-state index contributed by atoms with van der Waals surface area (Å²) >= 11 is 1.51. The van der Waals surface area contributed by atoms with Crippen LogP contribution in [0.2, 0.25) is 0 Å². The van der Waals surface area contributed by atoms with Gasteiger partial charge in [0.2, 0.25) is 0 Å². The van der Waals surface area contributed by atoms with Gasteiger partial charge in [-0.3, -0.25) is 0 Å². The first-order valence-corrected chi connectivity index (χ1v) is 7.26. The van der Waals surface area contributed by atoms with Crippen molar-refractivity contribution in [3.63, 3.8) is 0 Å². The van der Waals surface area contributed by atoms with Crippen molar-refractivity contribution in [3.05, 3.63) is 64.5 Å². The van der Waals surface area contributed by atoms with Crippen LogP contribution in [0, 0.1) is 19.7 Å². The minimum Gasteiger partial charge on any atom is -0.326 e. The number of thioether (sulfide) groups is 1. The lowest BCUT2D eigenvalue weighted by atomic mass is 10.1. The van der Waals surface area contributed by atoms with E-state index in [2.05, 4.69) is 32.0 Å². The minimum atomic E-state index is -0.183. The molecule has 0 aromatic heterocycles. The number of halogens is 1. The predicted octanol–water partition coefficient (Wildman–Crippen LogP) is 4.19. The van der Waals surface area contributed by atoms with Crippen LogP contribution in [0.4, 0.5) is 4.39 Å². The Morgan fingerprint density at radius 1 is 1.11 bits per heavy atom. The van der Waals surface area contributed by atoms with Gasteiger partial charge in [0.25, 0.3) is 0 Å². The molecule has 0 saturated heterocycles. The third-order valence-corrected chi connectivity index (χ3v) is 4.16. The molecule has 0 fully saturated rings. The van der Waals surface area contributed by atoms with Crippen molar-refractivity contribution in [2.24, 2.45) is 5.73 Å². The number of aryl methyl sites for hydroxylation is 2. The van der Waals surface area contributed by atoms with E-state index in [1.165, 1.54) is 34.5 Å². The topological polar surface area (TPSA) is 26.0 Å². The molecule has 2 rings (SSSR count). The molecule has 19 heavy (non-hydrogen) atoms. The van der Waals surface area contributed by atoms with Crippen LogP contribution < -0.4 is 5.73 Å². The molecule has 0 aliphatic rings. The quantitative estimate of drug-likeness (QED) is 0.847. The molecule has 2 aromatic rings. The lowest BCUT2D eigenvalue weighted by Gasteiger charge is -2.09. The summed E-state index contributed by atoms with van der Waals surface area (Å²) in [4.78, 5) is 0.671. The Kier molecular flexibility index (Phi) is 4.61. The lowest BCUT2D eigenvalue weighted by Crippen LogP contribution is -2.00. The Morgan fingerprint density at radius 3 is 2.42 bits per heavy atom. The monoisotopic (exact) mass is 275 g/mol. The number of benzene rings is 2. The van der Waals surface area contributed by atoms with Crippen LogP contribution in [0.1, 0.15) is 22.3 Å². The molecule has 0 aliphatic heterocycles. The zero-order chi connectivity index (χ0) is 13.8. The Hall–Kier alpha value is -1.32. The zero-order valence-electron chi connectivity index (χ0n) is 11.2. The van der Waals surface area contributed by atoms with Crippen LogP contribution in [-0.4, -0.2) is 0 Å². The standard InChI is InChI=1S/C16H18FNS/c1-11-6-12(2)8-13(7-11)10-19-16-14(9-18)4-3-5-15(16)17/h3-8H,9-10,18H2,1-2H3. The van der Waals surface area contributed by atoms with Gasteiger partial charge in [0.1, 0.15) is 5.82 Å². The van der Waals surface area contributed by atoms with Crippen molar-refractivity contribution in [1.29, 1.82) is 0 Å². The maximum absolute atomic E-state index is 13.8. The molecule has 2 aromatic carbocycles. The van der Waals surface area contributed by atoms with Gasteiger partial charge < -0.3 is 5.73 Å². The second-order valence-corrected chi connectivity index (χ2v) is 5.70. The molecule has 1 nitrogen and oxygen atoms in total. The third-order valence-electron chi connectivity index (χ3n) is 2.93. The second-order valence-electron chi connectivity index (χ2n) is 4.72. The fourth-order valence-corrected chi connectivity index (χ4v) is 3.20. The Morgan fingerprint density at radius 2 is 1.79 bits per heavy atom. The van der Waals surface area contributed by atoms with E-state index < -0.39 is 0 Å². The van der Waals surface area contributed by atoms with Crippen molar-refractivity contribution in [2.75, 3.05) is 0 Å². The van der Waals surface area contributed by atoms with Gasteiger partial charge in [-0.1, -0.05) is 41.5 Å². The van der Waals surface area contributed by atoms with E-state index in [0.717, 1.165) is 11.3 Å². The molecule has 0 atom stereocenters. The predicted molar refractivity (Wildman–Crippen MR) is 79.8 cm³/mol. The number of rotatable bonds is 4. The van der Waals surface area contributed by atoms with Gasteiger partial charge in [0.15, 0.2) is 0 Å². The van der Waals surface area contributed by atoms with Crippen molar-refractivity contribution < 1.29 is 4.39 Å². The molecule has 0 spiro atoms. The van der Waals surface area contributed by atoms with Crippen LogP contribution in [0.25, 0.3) is 0 Å². The summed E-state index contributed by atoms with van der Waals surface area (Å²) in [5.41, 5.74) is 10.2. The van der Waals surface area contributed by atoms with Crippen LogP contribution in [0.15, 0.2) is 41.3 Å². The molecular formula is C16H18FNS. The highest BCUT2D eigenvalue weighted by atomic mass is 32.2. The molecule has 0 saturated carbocycles. The number of hydrogen-bond acceptors (Lipinski definition) is 2. The van der Waals surface area contributed by atoms with E-state index in [1.54, 1.807) is 6.07 Å². The smallest absolute Gasteiger partial charge is 0.137 e. The molecule has 3 heteroatoms. The van der Waals surface area contributed by atoms with Crippen LogP contribution in [0.5, 0.6) is 0 Å². The summed E-state index contributed by atoms with van der Waals surface area (Å²) in [6.07, 6.45) is 0. The fraction of sp³-hybridized carbons (Fsp3) is 0.250. The summed E-state index contributed by atoms with van der Waals surface area (Å²) in [7, 11) is 0. The first kappa shape index (κ1) is 14.1. The Balaban J connectivity index is 2.18. The minimum absolute atomic E-state index is 0.183. The molecule has 0 unspecified atom stereocenters. The van der Waals surface area contributed by atoms with Gasteiger partial charge in [-0.2, -0.15) is 0 Å². The maximum atomic E-state index is 13.8.